The van der Waals surface area contributed by atoms with Crippen molar-refractivity contribution in [1.29, 1.82) is 0 Å². The van der Waals surface area contributed by atoms with E-state index in [1.165, 1.54) is 29.8 Å². The van der Waals surface area contributed by atoms with Gasteiger partial charge in [-0.1, -0.05) is 29.8 Å². The number of ether oxygens (including phenoxy) is 1. The highest BCUT2D eigenvalue weighted by Crippen LogP contribution is 2.36. The molecule has 1 N–H and O–H groups in total. The van der Waals surface area contributed by atoms with E-state index in [0.29, 0.717) is 19.8 Å². The lowest BCUT2D eigenvalue weighted by Crippen LogP contribution is -2.12. The second-order valence-corrected chi connectivity index (χ2v) is 7.12. The normalized spacial score (nSPS) is 10.6. The van der Waals surface area contributed by atoms with Crippen LogP contribution in [0.2, 0.25) is 4.34 Å². The number of halogens is 1. The third-order valence-electron chi connectivity index (χ3n) is 3.00. The zero-order chi connectivity index (χ0) is 15.7. The van der Waals surface area contributed by atoms with Gasteiger partial charge in [-0.15, -0.1) is 22.7 Å². The molecule has 0 saturated heterocycles. The highest BCUT2D eigenvalue weighted by atomic mass is 35.5. The smallest absolute Gasteiger partial charge is 0.350 e. The first kappa shape index (κ1) is 15.0. The van der Waals surface area contributed by atoms with Gasteiger partial charge in [-0.05, 0) is 18.2 Å². The molecule has 112 valence electrons. The molecule has 0 unspecified atom stereocenters. The fourth-order valence-electron chi connectivity index (χ4n) is 2.02. The predicted octanol–water partition coefficient (Wildman–Crippen LogP) is 4.66. The highest BCUT2D eigenvalue weighted by Gasteiger charge is 2.21. The van der Waals surface area contributed by atoms with Crippen LogP contribution in [-0.2, 0) is 4.74 Å². The fourth-order valence-corrected chi connectivity index (χ4v) is 4.03. The Morgan fingerprint density at radius 1 is 1.14 bits per heavy atom. The number of anilines is 1. The van der Waals surface area contributed by atoms with Crippen LogP contribution in [0.4, 0.5) is 5.69 Å². The molecule has 3 aromatic rings. The second kappa shape index (κ2) is 6.08. The molecule has 0 saturated carbocycles. The van der Waals surface area contributed by atoms with Crippen molar-refractivity contribution in [2.45, 2.75) is 0 Å². The number of methoxy groups -OCH3 is 1. The van der Waals surface area contributed by atoms with Gasteiger partial charge in [-0.25, -0.2) is 4.79 Å². The first-order chi connectivity index (χ1) is 10.6. The van der Waals surface area contributed by atoms with Crippen LogP contribution in [0.25, 0.3) is 10.1 Å². The Morgan fingerprint density at radius 2 is 1.91 bits per heavy atom. The van der Waals surface area contributed by atoms with Crippen LogP contribution in [0.1, 0.15) is 19.3 Å². The maximum Gasteiger partial charge on any atom is 0.350 e. The van der Waals surface area contributed by atoms with Crippen LogP contribution in [0, 0.1) is 0 Å². The summed E-state index contributed by atoms with van der Waals surface area (Å²) in [5.41, 5.74) is 0.474. The van der Waals surface area contributed by atoms with E-state index in [4.69, 9.17) is 16.3 Å². The third-order valence-corrected chi connectivity index (χ3v) is 5.38. The van der Waals surface area contributed by atoms with E-state index < -0.39 is 5.97 Å². The van der Waals surface area contributed by atoms with Crippen LogP contribution >= 0.6 is 34.3 Å². The fraction of sp³-hybridized carbons (Fsp3) is 0.0667. The molecule has 0 fully saturated rings. The summed E-state index contributed by atoms with van der Waals surface area (Å²) in [6.45, 7) is 0. The molecule has 2 heterocycles. The van der Waals surface area contributed by atoms with Crippen LogP contribution in [0.5, 0.6) is 0 Å². The number of carbonyl (C=O) groups excluding carboxylic acids is 2. The summed E-state index contributed by atoms with van der Waals surface area (Å²) in [4.78, 5) is 25.1. The van der Waals surface area contributed by atoms with Gasteiger partial charge in [0.15, 0.2) is 0 Å². The maximum atomic E-state index is 12.3. The Balaban J connectivity index is 2.04. The Hall–Kier alpha value is -1.89. The van der Waals surface area contributed by atoms with Gasteiger partial charge in [-0.2, -0.15) is 0 Å². The van der Waals surface area contributed by atoms with Crippen molar-refractivity contribution in [3.05, 3.63) is 50.5 Å². The first-order valence-corrected chi connectivity index (χ1v) is 8.28. The Labute approximate surface area is 139 Å². The molecule has 22 heavy (non-hydrogen) atoms. The van der Waals surface area contributed by atoms with Gasteiger partial charge in [0.25, 0.3) is 5.91 Å². The second-order valence-electron chi connectivity index (χ2n) is 4.35. The van der Waals surface area contributed by atoms with E-state index in [1.54, 1.807) is 12.1 Å². The van der Waals surface area contributed by atoms with Crippen molar-refractivity contribution >= 4 is 61.9 Å². The summed E-state index contributed by atoms with van der Waals surface area (Å²) >= 11 is 8.32. The zero-order valence-corrected chi connectivity index (χ0v) is 13.8. The minimum atomic E-state index is -0.472. The van der Waals surface area contributed by atoms with Crippen molar-refractivity contribution in [3.63, 3.8) is 0 Å². The number of amides is 1. The molecule has 0 radical (unpaired) electrons. The average molecular weight is 352 g/mol. The van der Waals surface area contributed by atoms with Crippen LogP contribution in [-0.4, -0.2) is 19.0 Å². The minimum absolute atomic E-state index is 0.300. The molecule has 0 aliphatic rings. The molecule has 7 heteroatoms. The van der Waals surface area contributed by atoms with Gasteiger partial charge in [0.05, 0.1) is 22.0 Å². The Kier molecular flexibility index (Phi) is 4.15. The monoisotopic (exact) mass is 351 g/mol. The molecular weight excluding hydrogens is 342 g/mol. The van der Waals surface area contributed by atoms with Gasteiger partial charge >= 0.3 is 5.97 Å². The quantitative estimate of drug-likeness (QED) is 0.698. The summed E-state index contributed by atoms with van der Waals surface area (Å²) in [6, 6.07) is 10.8. The first-order valence-electron chi connectivity index (χ1n) is 6.26. The molecule has 3 rings (SSSR count). The molecule has 4 nitrogen and oxygen atoms in total. The molecule has 1 amide bonds. The van der Waals surface area contributed by atoms with Crippen molar-refractivity contribution in [1.82, 2.24) is 0 Å². The number of esters is 1. The number of carbonyl (C=O) groups is 2. The van der Waals surface area contributed by atoms with Crippen LogP contribution in [0.15, 0.2) is 36.4 Å². The lowest BCUT2D eigenvalue weighted by Gasteiger charge is -2.05. The number of fused-ring (bicyclic) bond motifs is 1. The molecule has 0 bridgehead atoms. The number of hydrogen-bond acceptors (Lipinski definition) is 5. The summed E-state index contributed by atoms with van der Waals surface area (Å²) < 4.78 is 6.24. The molecule has 2 aromatic heterocycles. The molecule has 0 atom stereocenters. The van der Waals surface area contributed by atoms with Gasteiger partial charge in [-0.3, -0.25) is 4.79 Å². The van der Waals surface area contributed by atoms with Crippen molar-refractivity contribution in [3.8, 4) is 0 Å². The molecule has 1 aromatic carbocycles. The van der Waals surface area contributed by atoms with E-state index in [9.17, 15) is 9.59 Å². The maximum absolute atomic E-state index is 12.3. The van der Waals surface area contributed by atoms with E-state index in [-0.39, 0.29) is 5.91 Å². The van der Waals surface area contributed by atoms with Crippen LogP contribution in [0.3, 0.4) is 0 Å². The highest BCUT2D eigenvalue weighted by molar-refractivity contribution is 7.21. The number of thiophene rings is 2. The molecule has 0 aliphatic heterocycles. The third kappa shape index (κ3) is 2.72. The van der Waals surface area contributed by atoms with E-state index in [2.05, 4.69) is 5.32 Å². The summed E-state index contributed by atoms with van der Waals surface area (Å²) in [6.07, 6.45) is 0. The lowest BCUT2D eigenvalue weighted by molar-refractivity contribution is 0.0607. The summed E-state index contributed by atoms with van der Waals surface area (Å²) in [7, 11) is 1.32. The molecular formula is C15H10ClNO3S2. The molecule has 0 aliphatic carbocycles. The molecule has 0 spiro atoms. The minimum Gasteiger partial charge on any atom is -0.465 e. The van der Waals surface area contributed by atoms with Gasteiger partial charge in [0, 0.05) is 10.1 Å². The standard InChI is InChI=1S/C15H10ClNO3S2/c1-20-15(19)13-12(8-4-2-3-5-9(8)22-13)17-14(18)10-6-7-11(16)21-10/h2-7H,1H3,(H,17,18). The number of nitrogens with one attached hydrogen (secondary N) is 1. The number of hydrogen-bond donors (Lipinski definition) is 1. The zero-order valence-electron chi connectivity index (χ0n) is 11.4. The average Bonchev–Trinajstić information content (AvgIpc) is 3.11. The van der Waals surface area contributed by atoms with Crippen molar-refractivity contribution in [2.75, 3.05) is 12.4 Å². The SMILES string of the molecule is COC(=O)c1sc2ccccc2c1NC(=O)c1ccc(Cl)s1. The Bertz CT molecular complexity index is 869. The topological polar surface area (TPSA) is 55.4 Å². The van der Waals surface area contributed by atoms with Crippen LogP contribution < -0.4 is 5.32 Å². The predicted molar refractivity (Wildman–Crippen MR) is 90.4 cm³/mol. The summed E-state index contributed by atoms with van der Waals surface area (Å²) in [5.74, 6) is -0.772. The Morgan fingerprint density at radius 3 is 2.59 bits per heavy atom. The lowest BCUT2D eigenvalue weighted by atomic mass is 10.2. The van der Waals surface area contributed by atoms with Gasteiger partial charge in [0.2, 0.25) is 0 Å². The van der Waals surface area contributed by atoms with E-state index >= 15 is 0 Å². The number of benzene rings is 1. The van der Waals surface area contributed by atoms with Gasteiger partial charge in [0.1, 0.15) is 4.88 Å². The van der Waals surface area contributed by atoms with Crippen molar-refractivity contribution in [2.24, 2.45) is 0 Å². The summed E-state index contributed by atoms with van der Waals surface area (Å²) in [5, 5.41) is 3.61. The number of rotatable bonds is 3. The van der Waals surface area contributed by atoms with Gasteiger partial charge < -0.3 is 10.1 Å². The largest absolute Gasteiger partial charge is 0.465 e. The van der Waals surface area contributed by atoms with E-state index in [0.717, 1.165) is 10.1 Å². The van der Waals surface area contributed by atoms with E-state index in [1.807, 2.05) is 24.3 Å². The van der Waals surface area contributed by atoms with Crippen molar-refractivity contribution < 1.29 is 14.3 Å².